The molecule has 1 N–H and O–H groups in total. The molecule has 3 aromatic rings. The molecule has 22 heavy (non-hydrogen) atoms. The van der Waals surface area contributed by atoms with Crippen molar-refractivity contribution in [3.63, 3.8) is 0 Å². The number of hydrogen-bond acceptors (Lipinski definition) is 3. The van der Waals surface area contributed by atoms with Gasteiger partial charge in [-0.3, -0.25) is 4.79 Å². The van der Waals surface area contributed by atoms with E-state index in [0.29, 0.717) is 0 Å². The fraction of sp³-hybridized carbons (Fsp3) is 0.0625. The van der Waals surface area contributed by atoms with Gasteiger partial charge in [-0.25, -0.2) is 14.1 Å². The predicted molar refractivity (Wildman–Crippen MR) is 80.4 cm³/mol. The Morgan fingerprint density at radius 3 is 2.59 bits per heavy atom. The topological polar surface area (TPSA) is 59.8 Å². The van der Waals surface area contributed by atoms with Crippen LogP contribution in [0.3, 0.4) is 0 Å². The molecule has 110 valence electrons. The van der Waals surface area contributed by atoms with E-state index >= 15 is 0 Å². The minimum absolute atomic E-state index is 0.0242. The summed E-state index contributed by atoms with van der Waals surface area (Å²) in [5.41, 5.74) is 2.02. The molecular weight excluding hydrogens is 283 g/mol. The number of nitrogens with one attached hydrogen (secondary N) is 1. The standard InChI is InChI=1S/C16H13FN4O/c1-11-6-8-12(9-7-11)21-10-18-15(20-21)16(22)19-14-5-3-2-4-13(14)17/h2-10H,1H3,(H,19,22). The fourth-order valence-corrected chi connectivity index (χ4v) is 1.93. The molecule has 0 saturated heterocycles. The number of carbonyl (C=O) groups excluding carboxylic acids is 1. The molecule has 1 heterocycles. The van der Waals surface area contributed by atoms with Crippen LogP contribution in [0, 0.1) is 12.7 Å². The monoisotopic (exact) mass is 296 g/mol. The molecule has 0 aliphatic carbocycles. The van der Waals surface area contributed by atoms with E-state index in [1.165, 1.54) is 23.1 Å². The van der Waals surface area contributed by atoms with Gasteiger partial charge in [0.05, 0.1) is 11.4 Å². The van der Waals surface area contributed by atoms with Crippen molar-refractivity contribution in [1.29, 1.82) is 0 Å². The van der Waals surface area contributed by atoms with Crippen molar-refractivity contribution < 1.29 is 9.18 Å². The third-order valence-electron chi connectivity index (χ3n) is 3.12. The Bertz CT molecular complexity index is 811. The summed E-state index contributed by atoms with van der Waals surface area (Å²) >= 11 is 0. The van der Waals surface area contributed by atoms with Crippen LogP contribution in [-0.2, 0) is 0 Å². The van der Waals surface area contributed by atoms with Crippen LogP contribution in [0.4, 0.5) is 10.1 Å². The van der Waals surface area contributed by atoms with E-state index in [-0.39, 0.29) is 11.5 Å². The van der Waals surface area contributed by atoms with Crippen molar-refractivity contribution in [3.05, 3.63) is 72.1 Å². The van der Waals surface area contributed by atoms with Crippen LogP contribution in [0.15, 0.2) is 54.9 Å². The average molecular weight is 296 g/mol. The number of carbonyl (C=O) groups is 1. The van der Waals surface area contributed by atoms with Crippen LogP contribution < -0.4 is 5.32 Å². The largest absolute Gasteiger partial charge is 0.317 e. The highest BCUT2D eigenvalue weighted by Crippen LogP contribution is 2.13. The molecule has 0 aliphatic heterocycles. The minimum Gasteiger partial charge on any atom is -0.317 e. The molecule has 0 unspecified atom stereocenters. The lowest BCUT2D eigenvalue weighted by molar-refractivity contribution is 0.101. The number of rotatable bonds is 3. The van der Waals surface area contributed by atoms with Crippen LogP contribution in [0.1, 0.15) is 16.2 Å². The molecule has 0 spiro atoms. The highest BCUT2D eigenvalue weighted by atomic mass is 19.1. The SMILES string of the molecule is Cc1ccc(-n2cnc(C(=O)Nc3ccccc3F)n2)cc1. The van der Waals surface area contributed by atoms with E-state index < -0.39 is 11.7 Å². The zero-order chi connectivity index (χ0) is 15.5. The first-order valence-corrected chi connectivity index (χ1v) is 6.68. The first kappa shape index (κ1) is 13.9. The maximum atomic E-state index is 13.5. The molecule has 0 bridgehead atoms. The maximum absolute atomic E-state index is 13.5. The lowest BCUT2D eigenvalue weighted by Crippen LogP contribution is -2.15. The van der Waals surface area contributed by atoms with Crippen molar-refractivity contribution >= 4 is 11.6 Å². The lowest BCUT2D eigenvalue weighted by Gasteiger charge is -2.03. The van der Waals surface area contributed by atoms with Crippen molar-refractivity contribution in [2.75, 3.05) is 5.32 Å². The molecule has 5 nitrogen and oxygen atoms in total. The third kappa shape index (κ3) is 2.85. The zero-order valence-corrected chi connectivity index (χ0v) is 11.8. The predicted octanol–water partition coefficient (Wildman–Crippen LogP) is 2.97. The summed E-state index contributed by atoms with van der Waals surface area (Å²) in [6, 6.07) is 13.6. The van der Waals surface area contributed by atoms with Crippen LogP contribution in [0.2, 0.25) is 0 Å². The van der Waals surface area contributed by atoms with E-state index in [0.717, 1.165) is 11.3 Å². The molecule has 2 aromatic carbocycles. The summed E-state index contributed by atoms with van der Waals surface area (Å²) in [6.45, 7) is 1.98. The number of nitrogens with zero attached hydrogens (tertiary/aromatic N) is 3. The molecule has 3 rings (SSSR count). The quantitative estimate of drug-likeness (QED) is 0.808. The molecule has 1 aromatic heterocycles. The molecule has 6 heteroatoms. The second-order valence-electron chi connectivity index (χ2n) is 4.78. The van der Waals surface area contributed by atoms with Gasteiger partial charge in [-0.2, -0.15) is 0 Å². The summed E-state index contributed by atoms with van der Waals surface area (Å²) in [7, 11) is 0. The number of aromatic nitrogens is 3. The Labute approximate surface area is 126 Å². The Morgan fingerprint density at radius 1 is 1.14 bits per heavy atom. The van der Waals surface area contributed by atoms with E-state index in [9.17, 15) is 9.18 Å². The van der Waals surface area contributed by atoms with Gasteiger partial charge in [-0.05, 0) is 31.2 Å². The number of anilines is 1. The normalized spacial score (nSPS) is 10.5. The Morgan fingerprint density at radius 2 is 1.86 bits per heavy atom. The highest BCUT2D eigenvalue weighted by Gasteiger charge is 2.14. The van der Waals surface area contributed by atoms with Crippen molar-refractivity contribution in [2.45, 2.75) is 6.92 Å². The number of amides is 1. The second kappa shape index (κ2) is 5.77. The summed E-state index contributed by atoms with van der Waals surface area (Å²) in [4.78, 5) is 16.0. The zero-order valence-electron chi connectivity index (χ0n) is 11.8. The van der Waals surface area contributed by atoms with Crippen molar-refractivity contribution in [3.8, 4) is 5.69 Å². The summed E-state index contributed by atoms with van der Waals surface area (Å²) < 4.78 is 15.0. The first-order valence-electron chi connectivity index (χ1n) is 6.68. The number of hydrogen-bond donors (Lipinski definition) is 1. The van der Waals surface area contributed by atoms with Gasteiger partial charge in [-0.1, -0.05) is 29.8 Å². The average Bonchev–Trinajstić information content (AvgIpc) is 3.00. The summed E-state index contributed by atoms with van der Waals surface area (Å²) in [5, 5.41) is 6.56. The van der Waals surface area contributed by atoms with Crippen LogP contribution in [-0.4, -0.2) is 20.7 Å². The van der Waals surface area contributed by atoms with Crippen molar-refractivity contribution in [2.24, 2.45) is 0 Å². The molecule has 0 aliphatic rings. The maximum Gasteiger partial charge on any atom is 0.295 e. The number of benzene rings is 2. The highest BCUT2D eigenvalue weighted by molar-refractivity contribution is 6.01. The third-order valence-corrected chi connectivity index (χ3v) is 3.12. The van der Waals surface area contributed by atoms with Gasteiger partial charge in [-0.15, -0.1) is 5.10 Å². The van der Waals surface area contributed by atoms with Crippen LogP contribution in [0.25, 0.3) is 5.69 Å². The van der Waals surface area contributed by atoms with Gasteiger partial charge in [0.15, 0.2) is 0 Å². The summed E-state index contributed by atoms with van der Waals surface area (Å²) in [6.07, 6.45) is 1.45. The molecule has 0 radical (unpaired) electrons. The van der Waals surface area contributed by atoms with E-state index in [2.05, 4.69) is 15.4 Å². The van der Waals surface area contributed by atoms with Gasteiger partial charge in [0.2, 0.25) is 5.82 Å². The van der Waals surface area contributed by atoms with E-state index in [1.807, 2.05) is 31.2 Å². The van der Waals surface area contributed by atoms with Gasteiger partial charge < -0.3 is 5.32 Å². The van der Waals surface area contributed by atoms with E-state index in [1.54, 1.807) is 12.1 Å². The Hall–Kier alpha value is -3.02. The van der Waals surface area contributed by atoms with Crippen molar-refractivity contribution in [1.82, 2.24) is 14.8 Å². The molecular formula is C16H13FN4O. The molecule has 0 saturated carbocycles. The van der Waals surface area contributed by atoms with Gasteiger partial charge in [0.25, 0.3) is 5.91 Å². The number of aryl methyl sites for hydroxylation is 1. The fourth-order valence-electron chi connectivity index (χ4n) is 1.93. The molecule has 0 fully saturated rings. The molecule has 1 amide bonds. The van der Waals surface area contributed by atoms with E-state index in [4.69, 9.17) is 0 Å². The number of halogens is 1. The first-order chi connectivity index (χ1) is 10.6. The summed E-state index contributed by atoms with van der Waals surface area (Å²) in [5.74, 6) is -1.09. The Kier molecular flexibility index (Phi) is 3.65. The Balaban J connectivity index is 1.80. The molecule has 0 atom stereocenters. The minimum atomic E-state index is -0.559. The second-order valence-corrected chi connectivity index (χ2v) is 4.78. The smallest absolute Gasteiger partial charge is 0.295 e. The number of para-hydroxylation sites is 1. The van der Waals surface area contributed by atoms with Crippen LogP contribution in [0.5, 0.6) is 0 Å². The van der Waals surface area contributed by atoms with Gasteiger partial charge >= 0.3 is 0 Å². The lowest BCUT2D eigenvalue weighted by atomic mass is 10.2. The van der Waals surface area contributed by atoms with Crippen LogP contribution >= 0.6 is 0 Å². The van der Waals surface area contributed by atoms with Gasteiger partial charge in [0, 0.05) is 0 Å². The van der Waals surface area contributed by atoms with Gasteiger partial charge in [0.1, 0.15) is 12.1 Å².